The number of rotatable bonds is 12. The fourth-order valence-corrected chi connectivity index (χ4v) is 1.40. The number of aliphatic hydroxyl groups is 6. The van der Waals surface area contributed by atoms with Crippen LogP contribution in [0.15, 0.2) is 0 Å². The zero-order chi connectivity index (χ0) is 32.4. The molecule has 0 aromatic rings. The van der Waals surface area contributed by atoms with Crippen molar-refractivity contribution in [2.24, 2.45) is 0 Å². The van der Waals surface area contributed by atoms with Crippen LogP contribution in [0.3, 0.4) is 0 Å². The standard InChI is InChI=1S/3C4H5NO8.2Ho.H2O/c3*6-1(2(7)8)4(11,3(9)10)5(12)13;;;/h3*1,6,11H,(H,7,8)(H,9,10);;;1H2. The van der Waals surface area contributed by atoms with Crippen molar-refractivity contribution in [2.45, 2.75) is 35.5 Å². The number of carboxylic acid groups (broad SMARTS) is 6. The fraction of sp³-hybridized carbons (Fsp3) is 0.500. The number of aliphatic hydroxyl groups excluding tert-OH is 3. The van der Waals surface area contributed by atoms with Crippen LogP contribution in [0.1, 0.15) is 0 Å². The van der Waals surface area contributed by atoms with E-state index in [1.165, 1.54) is 0 Å². The number of nitro groups is 3. The second-order valence-electron chi connectivity index (χ2n) is 6.09. The number of carboxylic acids is 6. The quantitative estimate of drug-likeness (QED) is 0.0374. The Balaban J connectivity index is -0.000000112. The summed E-state index contributed by atoms with van der Waals surface area (Å²) in [6.07, 6.45) is -9.08. The summed E-state index contributed by atoms with van der Waals surface area (Å²) in [5, 5.41) is 130. The Kier molecular flexibility index (Phi) is 25.0. The van der Waals surface area contributed by atoms with E-state index in [0.717, 1.165) is 0 Å². The Morgan fingerprint density at radius 1 is 0.476 bits per heavy atom. The minimum absolute atomic E-state index is 0. The Morgan fingerprint density at radius 2 is 0.595 bits per heavy atom. The number of carbonyl (C=O) groups is 6. The Morgan fingerprint density at radius 3 is 0.619 bits per heavy atom. The zero-order valence-electron chi connectivity index (χ0n) is 18.9. The third-order valence-corrected chi connectivity index (χ3v) is 3.62. The smallest absolute Gasteiger partial charge is 0.456 e. The van der Waals surface area contributed by atoms with E-state index in [1.54, 1.807) is 0 Å². The fourth-order valence-electron chi connectivity index (χ4n) is 1.40. The first-order valence-electron chi connectivity index (χ1n) is 8.26. The van der Waals surface area contributed by atoms with E-state index >= 15 is 0 Å². The van der Waals surface area contributed by atoms with Crippen molar-refractivity contribution in [1.29, 1.82) is 0 Å². The van der Waals surface area contributed by atoms with Crippen molar-refractivity contribution in [3.05, 3.63) is 30.3 Å². The van der Waals surface area contributed by atoms with Crippen LogP contribution in [0.5, 0.6) is 0 Å². The molecule has 0 heterocycles. The third-order valence-electron chi connectivity index (χ3n) is 3.62. The third kappa shape index (κ3) is 12.2. The van der Waals surface area contributed by atoms with Crippen molar-refractivity contribution in [1.82, 2.24) is 0 Å². The molecule has 0 spiro atoms. The monoisotopic (exact) mass is 933 g/mol. The molecule has 0 aliphatic rings. The summed E-state index contributed by atoms with van der Waals surface area (Å²) in [7, 11) is 0. The minimum atomic E-state index is -3.92. The Bertz CT molecular complexity index is 875. The number of hydrogen-bond acceptors (Lipinski definition) is 18. The maximum absolute atomic E-state index is 10.1. The molecule has 0 fully saturated rings. The maximum atomic E-state index is 10.1. The SMILES string of the molecule is O.O=C(O)C(O)C(O)(C(=O)O)[N+](=O)[O-].O=C(O)C(O)C(O)(C(=O)O)[N+](=O)[O-].O=C(O)C(O)C(O)(C(=O)O)[N+](=O)[O-].[Ho].[Ho]. The van der Waals surface area contributed by atoms with Gasteiger partial charge < -0.3 is 66.8 Å². The first-order valence-corrected chi connectivity index (χ1v) is 8.26. The van der Waals surface area contributed by atoms with Crippen molar-refractivity contribution >= 4 is 35.8 Å². The zero-order valence-corrected chi connectivity index (χ0v) is 22.8. The molecule has 0 rings (SSSR count). The van der Waals surface area contributed by atoms with E-state index in [1.807, 2.05) is 0 Å². The minimum Gasteiger partial charge on any atom is -0.479 e. The van der Waals surface area contributed by atoms with Crippen molar-refractivity contribution in [2.75, 3.05) is 0 Å². The van der Waals surface area contributed by atoms with Gasteiger partial charge in [-0.1, -0.05) is 0 Å². The van der Waals surface area contributed by atoms with E-state index in [4.69, 9.17) is 61.3 Å². The molecule has 42 heavy (non-hydrogen) atoms. The predicted molar refractivity (Wildman–Crippen MR) is 103 cm³/mol. The molecule has 0 bridgehead atoms. The summed E-state index contributed by atoms with van der Waals surface area (Å²) in [5.74, 6) is -14.0. The molecule has 30 heteroatoms. The average molecular weight is 933 g/mol. The number of aliphatic carboxylic acids is 6. The van der Waals surface area contributed by atoms with Crippen LogP contribution in [-0.2, 0) is 28.8 Å². The van der Waals surface area contributed by atoms with Gasteiger partial charge in [0.15, 0.2) is 0 Å². The van der Waals surface area contributed by atoms with Gasteiger partial charge in [-0.05, 0) is 0 Å². The summed E-state index contributed by atoms with van der Waals surface area (Å²) in [6.45, 7) is 0. The topological polar surface area (TPSA) is 506 Å². The maximum Gasteiger partial charge on any atom is 0.456 e. The normalized spacial score (nSPS) is 15.9. The Hall–Kier alpha value is -2.74. The van der Waals surface area contributed by atoms with Gasteiger partial charge >= 0.3 is 53.0 Å². The summed E-state index contributed by atoms with van der Waals surface area (Å²) < 4.78 is 0. The molecule has 0 aliphatic carbocycles. The van der Waals surface area contributed by atoms with Gasteiger partial charge in [-0.2, -0.15) is 0 Å². The van der Waals surface area contributed by atoms with E-state index in [2.05, 4.69) is 0 Å². The average Bonchev–Trinajstić information content (AvgIpc) is 2.80. The number of hydrogen-bond donors (Lipinski definition) is 12. The molecule has 2 radical (unpaired) electrons. The first kappa shape index (κ1) is 52.0. The van der Waals surface area contributed by atoms with Crippen LogP contribution < -0.4 is 0 Å². The molecule has 28 nitrogen and oxygen atoms in total. The van der Waals surface area contributed by atoms with Gasteiger partial charge in [0.25, 0.3) is 18.3 Å². The molecule has 0 saturated carbocycles. The molecular weight excluding hydrogens is 916 g/mol. The summed E-state index contributed by atoms with van der Waals surface area (Å²) in [4.78, 5) is 84.7. The van der Waals surface area contributed by atoms with Crippen LogP contribution in [0.4, 0.5) is 0 Å². The van der Waals surface area contributed by atoms with Crippen molar-refractivity contribution in [3.63, 3.8) is 0 Å². The largest absolute Gasteiger partial charge is 0.479 e. The van der Waals surface area contributed by atoms with Crippen LogP contribution in [0.2, 0.25) is 0 Å². The first-order chi connectivity index (χ1) is 17.2. The van der Waals surface area contributed by atoms with E-state index in [0.29, 0.717) is 0 Å². The predicted octanol–water partition coefficient (Wildman–Crippen LogP) is -8.38. The van der Waals surface area contributed by atoms with Crippen LogP contribution in [0, 0.1) is 106 Å². The van der Waals surface area contributed by atoms with E-state index in [9.17, 15) is 59.1 Å². The van der Waals surface area contributed by atoms with Gasteiger partial charge in [-0.25, -0.2) is 28.8 Å². The summed E-state index contributed by atoms with van der Waals surface area (Å²) in [5.41, 5.74) is -11.8. The van der Waals surface area contributed by atoms with Crippen LogP contribution >= 0.6 is 0 Å². The van der Waals surface area contributed by atoms with Gasteiger partial charge in [0.05, 0.1) is 14.8 Å². The molecule has 14 N–H and O–H groups in total. The van der Waals surface area contributed by atoms with E-state index in [-0.39, 0.29) is 81.0 Å². The van der Waals surface area contributed by atoms with E-state index < -0.39 is 86.1 Å². The van der Waals surface area contributed by atoms with Crippen molar-refractivity contribution < 1.29 is 186 Å². The van der Waals surface area contributed by atoms with Crippen molar-refractivity contribution in [3.8, 4) is 0 Å². The molecule has 0 aromatic carbocycles. The number of nitrogens with zero attached hydrogens (tertiary/aromatic N) is 3. The molecule has 0 saturated heterocycles. The second-order valence-corrected chi connectivity index (χ2v) is 6.09. The Labute approximate surface area is 285 Å². The van der Waals surface area contributed by atoms with Gasteiger partial charge in [-0.15, -0.1) is 0 Å². The summed E-state index contributed by atoms with van der Waals surface area (Å²) in [6, 6.07) is 0. The van der Waals surface area contributed by atoms with Gasteiger partial charge in [0.2, 0.25) is 0 Å². The molecule has 0 amide bonds. The summed E-state index contributed by atoms with van der Waals surface area (Å²) >= 11 is 0. The van der Waals surface area contributed by atoms with Gasteiger partial charge in [0.1, 0.15) is 0 Å². The molecule has 0 aliphatic heterocycles. The molecule has 6 unspecified atom stereocenters. The second kappa shape index (κ2) is 20.2. The van der Waals surface area contributed by atoms with Crippen LogP contribution in [-0.4, -0.2) is 153 Å². The molecule has 6 atom stereocenters. The molecule has 252 valence electrons. The van der Waals surface area contributed by atoms with Crippen LogP contribution in [0.25, 0.3) is 0 Å². The van der Waals surface area contributed by atoms with Gasteiger partial charge in [0, 0.05) is 75.5 Å². The molecule has 0 aromatic heterocycles. The molecular formula is C12H17Ho2N3O25. The van der Waals surface area contributed by atoms with Gasteiger partial charge in [-0.3, -0.25) is 30.3 Å².